The number of aryl methyl sites for hydroxylation is 2. The summed E-state index contributed by atoms with van der Waals surface area (Å²) < 4.78 is 22.3. The van der Waals surface area contributed by atoms with Crippen molar-refractivity contribution >= 4 is 11.0 Å². The van der Waals surface area contributed by atoms with E-state index in [4.69, 9.17) is 7.73 Å². The molecule has 2 aliphatic rings. The van der Waals surface area contributed by atoms with Crippen LogP contribution in [-0.4, -0.2) is 9.55 Å². The number of para-hydroxylation sites is 2. The first-order valence-electron chi connectivity index (χ1n) is 12.5. The number of hydrogen-bond acceptors (Lipinski definition) is 1. The molecule has 0 N–H and O–H groups in total. The number of aromatic nitrogens is 3. The van der Waals surface area contributed by atoms with Crippen molar-refractivity contribution in [3.8, 4) is 16.9 Å². The van der Waals surface area contributed by atoms with Crippen LogP contribution in [-0.2, 0) is 19.8 Å². The van der Waals surface area contributed by atoms with Gasteiger partial charge in [0.15, 0.2) is 6.20 Å². The molecule has 2 aromatic carbocycles. The van der Waals surface area contributed by atoms with Crippen LogP contribution in [0.1, 0.15) is 57.4 Å². The molecule has 0 saturated heterocycles. The Kier molecular flexibility index (Phi) is 3.95. The Balaban J connectivity index is 1.43. The third-order valence-corrected chi connectivity index (χ3v) is 7.05. The van der Waals surface area contributed by atoms with E-state index in [2.05, 4.69) is 59.5 Å². The first-order chi connectivity index (χ1) is 15.9. The van der Waals surface area contributed by atoms with Crippen LogP contribution < -0.4 is 4.57 Å². The molecule has 1 saturated carbocycles. The zero-order valence-corrected chi connectivity index (χ0v) is 18.4. The van der Waals surface area contributed by atoms with Gasteiger partial charge in [-0.2, -0.15) is 0 Å². The fourth-order valence-corrected chi connectivity index (χ4v) is 5.41. The fourth-order valence-electron chi connectivity index (χ4n) is 5.41. The molecule has 3 heterocycles. The van der Waals surface area contributed by atoms with Crippen molar-refractivity contribution < 1.29 is 7.31 Å². The molecule has 2 aromatic heterocycles. The van der Waals surface area contributed by atoms with Gasteiger partial charge >= 0.3 is 0 Å². The Morgan fingerprint density at radius 2 is 1.94 bits per heavy atom. The van der Waals surface area contributed by atoms with E-state index in [-0.39, 0.29) is 5.92 Å². The van der Waals surface area contributed by atoms with Crippen LogP contribution in [0.3, 0.4) is 0 Å². The second-order valence-corrected chi connectivity index (χ2v) is 9.22. The molecule has 0 bridgehead atoms. The lowest BCUT2D eigenvalue weighted by Crippen LogP contribution is -2.31. The van der Waals surface area contributed by atoms with Gasteiger partial charge in [-0.05, 0) is 60.2 Å². The van der Waals surface area contributed by atoms with Gasteiger partial charge in [0, 0.05) is 26.9 Å². The highest BCUT2D eigenvalue weighted by atomic mass is 15.1. The summed E-state index contributed by atoms with van der Waals surface area (Å²) in [5.74, 6) is 1.20. The summed E-state index contributed by atoms with van der Waals surface area (Å²) in [6.45, 7) is 2.16. The van der Waals surface area contributed by atoms with Gasteiger partial charge in [-0.3, -0.25) is 4.57 Å². The Labute approximate surface area is 187 Å². The van der Waals surface area contributed by atoms with Crippen molar-refractivity contribution in [3.05, 3.63) is 77.2 Å². The minimum absolute atomic E-state index is 0.109. The van der Waals surface area contributed by atoms with Crippen LogP contribution in [0.5, 0.6) is 0 Å². The molecule has 1 aliphatic heterocycles. The summed E-state index contributed by atoms with van der Waals surface area (Å²) in [5, 5.41) is 0. The molecule has 0 unspecified atom stereocenters. The maximum absolute atomic E-state index is 8.96. The number of imidazole rings is 1. The maximum atomic E-state index is 8.96. The van der Waals surface area contributed by atoms with Crippen molar-refractivity contribution in [2.24, 2.45) is 13.0 Å². The van der Waals surface area contributed by atoms with Gasteiger partial charge in [-0.15, -0.1) is 0 Å². The summed E-state index contributed by atoms with van der Waals surface area (Å²) >= 11 is 0. The average Bonchev–Trinajstić information content (AvgIpc) is 3.35. The molecule has 31 heavy (non-hydrogen) atoms. The van der Waals surface area contributed by atoms with Crippen LogP contribution in [0.15, 0.2) is 54.7 Å². The highest BCUT2D eigenvalue weighted by molar-refractivity contribution is 5.81. The first kappa shape index (κ1) is 16.7. The molecule has 3 heteroatoms. The van der Waals surface area contributed by atoms with Crippen LogP contribution in [0.2, 0.25) is 0 Å². The smallest absolute Gasteiger partial charge is 0.212 e. The quantitative estimate of drug-likeness (QED) is 0.342. The predicted octanol–water partition coefficient (Wildman–Crippen LogP) is 5.85. The summed E-state index contributed by atoms with van der Waals surface area (Å²) in [6, 6.07) is 17.0. The van der Waals surface area contributed by atoms with Crippen LogP contribution in [0.25, 0.3) is 28.0 Å². The monoisotopic (exact) mass is 410 g/mol. The molecule has 6 rings (SSSR count). The molecule has 3 nitrogen and oxygen atoms in total. The first-order valence-corrected chi connectivity index (χ1v) is 11.5. The Morgan fingerprint density at radius 1 is 1.10 bits per heavy atom. The highest BCUT2D eigenvalue weighted by Crippen LogP contribution is 2.36. The van der Waals surface area contributed by atoms with Crippen LogP contribution in [0, 0.1) is 12.8 Å². The number of nitrogens with zero attached hydrogens (tertiary/aromatic N) is 3. The molecular weight excluding hydrogens is 378 g/mol. The van der Waals surface area contributed by atoms with Crippen molar-refractivity contribution in [2.45, 2.75) is 51.8 Å². The van der Waals surface area contributed by atoms with Crippen LogP contribution in [0.4, 0.5) is 0 Å². The molecular formula is C28H30N3+. The average molecular weight is 411 g/mol. The summed E-state index contributed by atoms with van der Waals surface area (Å²) in [7, 11) is 2.06. The third-order valence-electron chi connectivity index (χ3n) is 7.05. The standard InChI is InChI=1S/C28H30N3/c1-19-14-26-22(18-28-29-24-10-6-7-11-25(24)31(26)28)17-23(19)27-16-21(12-13-30(27)2)15-20-8-4-3-5-9-20/h6-7,10-14,16-17,20H,3-5,8-9,15,18H2,1-2H3/q+1/i15D2. The molecule has 0 spiro atoms. The van der Waals surface area contributed by atoms with E-state index in [9.17, 15) is 0 Å². The van der Waals surface area contributed by atoms with Crippen molar-refractivity contribution in [3.63, 3.8) is 0 Å². The molecule has 0 atom stereocenters. The van der Waals surface area contributed by atoms with Gasteiger partial charge in [0.05, 0.1) is 16.7 Å². The van der Waals surface area contributed by atoms with Gasteiger partial charge in [0.2, 0.25) is 5.69 Å². The maximum Gasteiger partial charge on any atom is 0.212 e. The van der Waals surface area contributed by atoms with Crippen molar-refractivity contribution in [1.29, 1.82) is 0 Å². The Hall–Kier alpha value is -2.94. The van der Waals surface area contributed by atoms with Gasteiger partial charge in [0.25, 0.3) is 0 Å². The molecule has 0 radical (unpaired) electrons. The minimum atomic E-state index is -1.30. The summed E-state index contributed by atoms with van der Waals surface area (Å²) in [4.78, 5) is 4.86. The van der Waals surface area contributed by atoms with Crippen LogP contribution >= 0.6 is 0 Å². The third kappa shape index (κ3) is 3.18. The second kappa shape index (κ2) is 7.33. The number of pyridine rings is 1. The van der Waals surface area contributed by atoms with E-state index in [1.165, 1.54) is 28.8 Å². The highest BCUT2D eigenvalue weighted by Gasteiger charge is 2.25. The lowest BCUT2D eigenvalue weighted by molar-refractivity contribution is -0.660. The van der Waals surface area contributed by atoms with Crippen molar-refractivity contribution in [1.82, 2.24) is 9.55 Å². The van der Waals surface area contributed by atoms with Gasteiger partial charge in [-0.25, -0.2) is 9.55 Å². The van der Waals surface area contributed by atoms with E-state index in [0.29, 0.717) is 0 Å². The summed E-state index contributed by atoms with van der Waals surface area (Å²) in [5.41, 5.74) is 8.96. The van der Waals surface area contributed by atoms with E-state index in [1.807, 2.05) is 18.3 Å². The fraction of sp³-hybridized carbons (Fsp3) is 0.357. The topological polar surface area (TPSA) is 21.7 Å². The summed E-state index contributed by atoms with van der Waals surface area (Å²) in [6.07, 6.45) is 7.05. The number of rotatable bonds is 3. The van der Waals surface area contributed by atoms with Gasteiger partial charge in [-0.1, -0.05) is 44.2 Å². The molecule has 1 aliphatic carbocycles. The normalized spacial score (nSPS) is 17.4. The number of fused-ring (bicyclic) bond motifs is 5. The minimum Gasteiger partial charge on any atom is -0.296 e. The van der Waals surface area contributed by atoms with E-state index >= 15 is 0 Å². The molecule has 4 aromatic rings. The lowest BCUT2D eigenvalue weighted by atomic mass is 9.85. The largest absolute Gasteiger partial charge is 0.296 e. The second-order valence-electron chi connectivity index (χ2n) is 9.22. The number of hydrogen-bond donors (Lipinski definition) is 0. The van der Waals surface area contributed by atoms with Crippen molar-refractivity contribution in [2.75, 3.05) is 0 Å². The molecule has 156 valence electrons. The predicted molar refractivity (Wildman–Crippen MR) is 126 cm³/mol. The Morgan fingerprint density at radius 3 is 2.81 bits per heavy atom. The zero-order valence-electron chi connectivity index (χ0n) is 20.4. The lowest BCUT2D eigenvalue weighted by Gasteiger charge is -2.21. The van der Waals surface area contributed by atoms with Gasteiger partial charge < -0.3 is 0 Å². The zero-order chi connectivity index (χ0) is 22.7. The molecule has 0 amide bonds. The van der Waals surface area contributed by atoms with E-state index in [0.717, 1.165) is 60.2 Å². The van der Waals surface area contributed by atoms with E-state index < -0.39 is 6.37 Å². The van der Waals surface area contributed by atoms with Gasteiger partial charge in [0.1, 0.15) is 12.9 Å². The SMILES string of the molecule is [2H]C([2H])(c1cc[n+](C)c(-c2cc3c(cc2C)-n2c(nc4ccccc42)C3)c1)C1CCCCC1. The number of benzene rings is 2. The molecule has 1 fully saturated rings. The van der Waals surface area contributed by atoms with E-state index in [1.54, 1.807) is 0 Å². The Bertz CT molecular complexity index is 1380.